The molecule has 1 atom stereocenters. The Hall–Kier alpha value is -0.910. The molecule has 0 bridgehead atoms. The normalized spacial score (nSPS) is 13.7. The summed E-state index contributed by atoms with van der Waals surface area (Å²) in [5.41, 5.74) is 0.982. The average Bonchev–Trinajstić information content (AvgIpc) is 2.46. The lowest BCUT2D eigenvalue weighted by Crippen LogP contribution is -2.28. The highest BCUT2D eigenvalue weighted by Crippen LogP contribution is 2.20. The van der Waals surface area contributed by atoms with Crippen LogP contribution in [0.15, 0.2) is 29.2 Å². The van der Waals surface area contributed by atoms with Crippen LogP contribution in [0.3, 0.4) is 0 Å². The molecule has 20 heavy (non-hydrogen) atoms. The molecule has 0 heterocycles. The van der Waals surface area contributed by atoms with Crippen LogP contribution in [0, 0.1) is 0 Å². The van der Waals surface area contributed by atoms with Crippen LogP contribution in [-0.4, -0.2) is 33.4 Å². The Morgan fingerprint density at radius 3 is 2.60 bits per heavy atom. The maximum atomic E-state index is 12.5. The standard InChI is InChI=1S/C15H26N2O2S/c1-5-6-7-11-17(4)20(18,19)15-10-8-9-14(12-15)13(2)16-3/h8-10,12-13,16H,5-7,11H2,1-4H3. The van der Waals surface area contributed by atoms with Gasteiger partial charge in [0, 0.05) is 19.6 Å². The molecule has 0 aliphatic carbocycles. The third-order valence-corrected chi connectivity index (χ3v) is 5.43. The zero-order valence-electron chi connectivity index (χ0n) is 12.9. The summed E-state index contributed by atoms with van der Waals surface area (Å²) in [6.07, 6.45) is 3.04. The Bertz CT molecular complexity index is 514. The first-order valence-corrected chi connectivity index (χ1v) is 8.61. The summed E-state index contributed by atoms with van der Waals surface area (Å²) < 4.78 is 26.4. The predicted molar refractivity (Wildman–Crippen MR) is 83.3 cm³/mol. The number of sulfonamides is 1. The van der Waals surface area contributed by atoms with Crippen molar-refractivity contribution < 1.29 is 8.42 Å². The number of unbranched alkanes of at least 4 members (excludes halogenated alkanes) is 2. The van der Waals surface area contributed by atoms with Crippen LogP contribution in [0.2, 0.25) is 0 Å². The highest BCUT2D eigenvalue weighted by molar-refractivity contribution is 7.89. The monoisotopic (exact) mass is 298 g/mol. The third kappa shape index (κ3) is 4.30. The molecular weight excluding hydrogens is 272 g/mol. The van der Waals surface area contributed by atoms with Crippen molar-refractivity contribution in [2.45, 2.75) is 44.0 Å². The minimum absolute atomic E-state index is 0.135. The van der Waals surface area contributed by atoms with Gasteiger partial charge in [0.1, 0.15) is 0 Å². The first kappa shape index (κ1) is 17.1. The van der Waals surface area contributed by atoms with E-state index in [-0.39, 0.29) is 6.04 Å². The van der Waals surface area contributed by atoms with Gasteiger partial charge in [-0.1, -0.05) is 31.9 Å². The fraction of sp³-hybridized carbons (Fsp3) is 0.600. The van der Waals surface area contributed by atoms with Gasteiger partial charge in [0.05, 0.1) is 4.90 Å². The van der Waals surface area contributed by atoms with Crippen molar-refractivity contribution in [1.29, 1.82) is 0 Å². The highest BCUT2D eigenvalue weighted by atomic mass is 32.2. The van der Waals surface area contributed by atoms with Crippen LogP contribution >= 0.6 is 0 Å². The molecule has 0 saturated heterocycles. The summed E-state index contributed by atoms with van der Waals surface area (Å²) in [5, 5.41) is 3.12. The van der Waals surface area contributed by atoms with Gasteiger partial charge in [-0.05, 0) is 38.1 Å². The van der Waals surface area contributed by atoms with E-state index in [4.69, 9.17) is 0 Å². The second-order valence-electron chi connectivity index (χ2n) is 5.12. The number of nitrogens with one attached hydrogen (secondary N) is 1. The summed E-state index contributed by atoms with van der Waals surface area (Å²) in [6, 6.07) is 7.30. The first-order chi connectivity index (χ1) is 9.43. The fourth-order valence-corrected chi connectivity index (χ4v) is 3.26. The molecule has 0 spiro atoms. The molecule has 0 aliphatic heterocycles. The first-order valence-electron chi connectivity index (χ1n) is 7.17. The molecule has 1 aromatic carbocycles. The zero-order valence-corrected chi connectivity index (χ0v) is 13.7. The van der Waals surface area contributed by atoms with Gasteiger partial charge in [0.15, 0.2) is 0 Å². The van der Waals surface area contributed by atoms with E-state index in [0.717, 1.165) is 24.8 Å². The Balaban J connectivity index is 2.91. The molecule has 5 heteroatoms. The van der Waals surface area contributed by atoms with Crippen LogP contribution in [0.5, 0.6) is 0 Å². The highest BCUT2D eigenvalue weighted by Gasteiger charge is 2.20. The average molecular weight is 298 g/mol. The van der Waals surface area contributed by atoms with Crippen molar-refractivity contribution in [3.63, 3.8) is 0 Å². The molecule has 1 unspecified atom stereocenters. The van der Waals surface area contributed by atoms with Gasteiger partial charge in [-0.25, -0.2) is 12.7 Å². The molecule has 1 aromatic rings. The Labute approximate surface area is 123 Å². The molecule has 0 radical (unpaired) electrons. The van der Waals surface area contributed by atoms with Crippen molar-refractivity contribution in [3.05, 3.63) is 29.8 Å². The van der Waals surface area contributed by atoms with Gasteiger partial charge in [-0.15, -0.1) is 0 Å². The van der Waals surface area contributed by atoms with E-state index in [0.29, 0.717) is 11.4 Å². The maximum absolute atomic E-state index is 12.5. The van der Waals surface area contributed by atoms with Crippen molar-refractivity contribution in [2.24, 2.45) is 0 Å². The van der Waals surface area contributed by atoms with Crippen molar-refractivity contribution in [1.82, 2.24) is 9.62 Å². The minimum Gasteiger partial charge on any atom is -0.313 e. The number of benzene rings is 1. The van der Waals surface area contributed by atoms with Gasteiger partial charge in [-0.2, -0.15) is 0 Å². The van der Waals surface area contributed by atoms with Gasteiger partial charge < -0.3 is 5.32 Å². The summed E-state index contributed by atoms with van der Waals surface area (Å²) in [4.78, 5) is 0.371. The summed E-state index contributed by atoms with van der Waals surface area (Å²) in [5.74, 6) is 0. The molecular formula is C15H26N2O2S. The lowest BCUT2D eigenvalue weighted by atomic mass is 10.1. The Morgan fingerprint density at radius 2 is 2.00 bits per heavy atom. The number of hydrogen-bond acceptors (Lipinski definition) is 3. The van der Waals surface area contributed by atoms with Crippen molar-refractivity contribution in [2.75, 3.05) is 20.6 Å². The smallest absolute Gasteiger partial charge is 0.242 e. The van der Waals surface area contributed by atoms with E-state index in [2.05, 4.69) is 12.2 Å². The van der Waals surface area contributed by atoms with Crippen LogP contribution in [0.4, 0.5) is 0 Å². The zero-order chi connectivity index (χ0) is 15.2. The summed E-state index contributed by atoms with van der Waals surface area (Å²) in [7, 11) is 0.138. The Morgan fingerprint density at radius 1 is 1.30 bits per heavy atom. The molecule has 0 fully saturated rings. The SMILES string of the molecule is CCCCCN(C)S(=O)(=O)c1cccc(C(C)NC)c1. The molecule has 114 valence electrons. The summed E-state index contributed by atoms with van der Waals surface area (Å²) in [6.45, 7) is 4.69. The number of nitrogens with zero attached hydrogens (tertiary/aromatic N) is 1. The quantitative estimate of drug-likeness (QED) is 0.751. The predicted octanol–water partition coefficient (Wildman–Crippen LogP) is 2.78. The Kier molecular flexibility index (Phi) is 6.65. The number of hydrogen-bond donors (Lipinski definition) is 1. The van der Waals surface area contributed by atoms with Gasteiger partial charge in [0.25, 0.3) is 0 Å². The summed E-state index contributed by atoms with van der Waals surface area (Å²) >= 11 is 0. The van der Waals surface area contributed by atoms with E-state index in [1.54, 1.807) is 25.2 Å². The van der Waals surface area contributed by atoms with Crippen molar-refractivity contribution >= 4 is 10.0 Å². The maximum Gasteiger partial charge on any atom is 0.242 e. The lowest BCUT2D eigenvalue weighted by molar-refractivity contribution is 0.454. The fourth-order valence-electron chi connectivity index (χ4n) is 2.00. The molecule has 4 nitrogen and oxygen atoms in total. The van der Waals surface area contributed by atoms with Crippen LogP contribution in [0.1, 0.15) is 44.7 Å². The van der Waals surface area contributed by atoms with Crippen LogP contribution < -0.4 is 5.32 Å². The third-order valence-electron chi connectivity index (χ3n) is 3.58. The van der Waals surface area contributed by atoms with Crippen molar-refractivity contribution in [3.8, 4) is 0 Å². The lowest BCUT2D eigenvalue weighted by Gasteiger charge is -2.18. The van der Waals surface area contributed by atoms with E-state index >= 15 is 0 Å². The van der Waals surface area contributed by atoms with Gasteiger partial charge >= 0.3 is 0 Å². The molecule has 0 aliphatic rings. The molecule has 1 rings (SSSR count). The van der Waals surface area contributed by atoms with Gasteiger partial charge in [-0.3, -0.25) is 0 Å². The van der Waals surface area contributed by atoms with Gasteiger partial charge in [0.2, 0.25) is 10.0 Å². The topological polar surface area (TPSA) is 49.4 Å². The molecule has 1 N–H and O–H groups in total. The second kappa shape index (κ2) is 7.76. The minimum atomic E-state index is -3.38. The molecule has 0 aromatic heterocycles. The molecule has 0 amide bonds. The van der Waals surface area contributed by atoms with Crippen LogP contribution in [-0.2, 0) is 10.0 Å². The van der Waals surface area contributed by atoms with Crippen LogP contribution in [0.25, 0.3) is 0 Å². The van der Waals surface area contributed by atoms with E-state index in [9.17, 15) is 8.42 Å². The largest absolute Gasteiger partial charge is 0.313 e. The van der Waals surface area contributed by atoms with E-state index in [1.165, 1.54) is 4.31 Å². The second-order valence-corrected chi connectivity index (χ2v) is 7.16. The van der Waals surface area contributed by atoms with E-state index < -0.39 is 10.0 Å². The molecule has 0 saturated carbocycles. The number of rotatable bonds is 8. The van der Waals surface area contributed by atoms with E-state index in [1.807, 2.05) is 20.0 Å².